The lowest BCUT2D eigenvalue weighted by molar-refractivity contribution is -0.134. The molecule has 1 aliphatic rings. The first-order valence-corrected chi connectivity index (χ1v) is 11.8. The van der Waals surface area contributed by atoms with E-state index in [1.807, 2.05) is 25.7 Å². The normalized spacial score (nSPS) is 15.5. The molecule has 1 fully saturated rings. The van der Waals surface area contributed by atoms with E-state index in [1.54, 1.807) is 28.8 Å². The fourth-order valence-corrected chi connectivity index (χ4v) is 5.63. The molecule has 0 bridgehead atoms. The summed E-state index contributed by atoms with van der Waals surface area (Å²) in [5.74, 6) is 0.0267. The van der Waals surface area contributed by atoms with Gasteiger partial charge >= 0.3 is 0 Å². The van der Waals surface area contributed by atoms with Gasteiger partial charge in [0, 0.05) is 23.0 Å². The van der Waals surface area contributed by atoms with E-state index in [1.165, 1.54) is 23.1 Å². The Balaban J connectivity index is 1.79. The number of ether oxygens (including phenoxy) is 1. The predicted molar refractivity (Wildman–Crippen MR) is 122 cm³/mol. The summed E-state index contributed by atoms with van der Waals surface area (Å²) in [6, 6.07) is 7.08. The largest absolute Gasteiger partial charge is 0.378 e. The van der Waals surface area contributed by atoms with Gasteiger partial charge in [-0.1, -0.05) is 23.4 Å². The second kappa shape index (κ2) is 8.70. The van der Waals surface area contributed by atoms with Crippen LogP contribution in [-0.2, 0) is 9.53 Å². The highest BCUT2D eigenvalue weighted by Crippen LogP contribution is 2.31. The van der Waals surface area contributed by atoms with Gasteiger partial charge in [-0.25, -0.2) is 4.98 Å². The first kappa shape index (κ1) is 21.4. The quantitative estimate of drug-likeness (QED) is 0.431. The molecule has 0 radical (unpaired) electrons. The number of nitrogens with zero attached hydrogens (tertiary/aromatic N) is 3. The molecule has 4 rings (SSSR count). The molecule has 0 aliphatic carbocycles. The second-order valence-corrected chi connectivity index (χ2v) is 10.1. The van der Waals surface area contributed by atoms with Crippen molar-refractivity contribution in [3.63, 3.8) is 0 Å². The number of halogens is 1. The van der Waals surface area contributed by atoms with E-state index in [-0.39, 0.29) is 16.7 Å². The highest BCUT2D eigenvalue weighted by atomic mass is 35.5. The van der Waals surface area contributed by atoms with Crippen molar-refractivity contribution < 1.29 is 9.53 Å². The Kier molecular flexibility index (Phi) is 6.20. The summed E-state index contributed by atoms with van der Waals surface area (Å²) < 4.78 is 6.93. The van der Waals surface area contributed by atoms with E-state index in [9.17, 15) is 9.59 Å². The van der Waals surface area contributed by atoms with E-state index in [2.05, 4.69) is 0 Å². The molecule has 1 aliphatic heterocycles. The molecular formula is C21H22ClN3O3S2. The summed E-state index contributed by atoms with van der Waals surface area (Å²) in [6.45, 7) is 8.07. The van der Waals surface area contributed by atoms with E-state index >= 15 is 0 Å². The topological polar surface area (TPSA) is 64.4 Å². The summed E-state index contributed by atoms with van der Waals surface area (Å²) in [5.41, 5.74) is 1.50. The van der Waals surface area contributed by atoms with E-state index in [0.717, 1.165) is 10.4 Å². The third kappa shape index (κ3) is 4.01. The molecular weight excluding hydrogens is 442 g/mol. The number of benzene rings is 1. The van der Waals surface area contributed by atoms with Crippen LogP contribution in [0.25, 0.3) is 15.9 Å². The van der Waals surface area contributed by atoms with Crippen LogP contribution in [0.2, 0.25) is 5.02 Å². The molecule has 6 nitrogen and oxygen atoms in total. The van der Waals surface area contributed by atoms with Crippen LogP contribution in [0.4, 0.5) is 0 Å². The van der Waals surface area contributed by atoms with E-state index < -0.39 is 0 Å². The Bertz CT molecular complexity index is 1150. The maximum absolute atomic E-state index is 13.5. The Morgan fingerprint density at radius 3 is 2.57 bits per heavy atom. The van der Waals surface area contributed by atoms with Gasteiger partial charge < -0.3 is 9.64 Å². The number of hydrogen-bond donors (Lipinski definition) is 0. The van der Waals surface area contributed by atoms with Crippen LogP contribution in [0, 0.1) is 13.8 Å². The molecule has 1 unspecified atom stereocenters. The van der Waals surface area contributed by atoms with Gasteiger partial charge in [0.15, 0.2) is 5.16 Å². The lowest BCUT2D eigenvalue weighted by atomic mass is 10.2. The minimum atomic E-state index is -0.381. The molecule has 2 aromatic heterocycles. The molecule has 0 N–H and O–H groups in total. The number of amides is 1. The Hall–Kier alpha value is -1.87. The zero-order valence-electron chi connectivity index (χ0n) is 17.0. The average molecular weight is 464 g/mol. The maximum Gasteiger partial charge on any atom is 0.267 e. The van der Waals surface area contributed by atoms with Gasteiger partial charge in [-0.05, 0) is 50.6 Å². The molecule has 30 heavy (non-hydrogen) atoms. The number of fused-ring (bicyclic) bond motifs is 1. The third-order valence-electron chi connectivity index (χ3n) is 5.21. The molecule has 9 heteroatoms. The monoisotopic (exact) mass is 463 g/mol. The van der Waals surface area contributed by atoms with Crippen molar-refractivity contribution in [1.29, 1.82) is 0 Å². The molecule has 158 valence electrons. The SMILES string of the molecule is Cc1sc2nc(SC(C)C(=O)N3CCOCC3)n(-c3ccc(Cl)cc3)c(=O)c2c1C. The molecule has 1 amide bonds. The zero-order chi connectivity index (χ0) is 21.4. The molecule has 1 atom stereocenters. The van der Waals surface area contributed by atoms with Crippen LogP contribution in [0.5, 0.6) is 0 Å². The summed E-state index contributed by atoms with van der Waals surface area (Å²) in [5, 5.41) is 1.34. The Labute approximate surface area is 187 Å². The van der Waals surface area contributed by atoms with Gasteiger partial charge in [-0.3, -0.25) is 14.2 Å². The maximum atomic E-state index is 13.5. The molecule has 0 spiro atoms. The number of aryl methyl sites for hydroxylation is 2. The highest BCUT2D eigenvalue weighted by molar-refractivity contribution is 8.00. The van der Waals surface area contributed by atoms with Crippen molar-refractivity contribution >= 4 is 50.8 Å². The minimum Gasteiger partial charge on any atom is -0.378 e. The van der Waals surface area contributed by atoms with Gasteiger partial charge in [-0.15, -0.1) is 11.3 Å². The Morgan fingerprint density at radius 2 is 1.90 bits per heavy atom. The predicted octanol–water partition coefficient (Wildman–Crippen LogP) is 4.06. The highest BCUT2D eigenvalue weighted by Gasteiger charge is 2.26. The Morgan fingerprint density at radius 1 is 1.23 bits per heavy atom. The van der Waals surface area contributed by atoms with Gasteiger partial charge in [0.25, 0.3) is 5.56 Å². The second-order valence-electron chi connectivity index (χ2n) is 7.17. The van der Waals surface area contributed by atoms with E-state index in [4.69, 9.17) is 21.3 Å². The van der Waals surface area contributed by atoms with Crippen molar-refractivity contribution in [3.05, 3.63) is 50.1 Å². The summed E-state index contributed by atoms with van der Waals surface area (Å²) in [6.07, 6.45) is 0. The minimum absolute atomic E-state index is 0.0267. The fourth-order valence-electron chi connectivity index (χ4n) is 3.42. The fraction of sp³-hybridized carbons (Fsp3) is 0.381. The number of aromatic nitrogens is 2. The van der Waals surface area contributed by atoms with Crippen LogP contribution in [0.15, 0.2) is 34.2 Å². The average Bonchev–Trinajstić information content (AvgIpc) is 3.03. The van der Waals surface area contributed by atoms with Crippen LogP contribution in [-0.4, -0.2) is 51.9 Å². The summed E-state index contributed by atoms with van der Waals surface area (Å²) in [4.78, 5) is 34.8. The van der Waals surface area contributed by atoms with Crippen molar-refractivity contribution in [1.82, 2.24) is 14.5 Å². The summed E-state index contributed by atoms with van der Waals surface area (Å²) in [7, 11) is 0. The van der Waals surface area contributed by atoms with Gasteiger partial charge in [0.1, 0.15) is 4.83 Å². The number of thioether (sulfide) groups is 1. The number of carbonyl (C=O) groups excluding carboxylic acids is 1. The van der Waals surface area contributed by atoms with Crippen LogP contribution in [0.1, 0.15) is 17.4 Å². The van der Waals surface area contributed by atoms with Crippen molar-refractivity contribution in [2.45, 2.75) is 31.2 Å². The van der Waals surface area contributed by atoms with Crippen LogP contribution >= 0.6 is 34.7 Å². The molecule has 3 aromatic rings. The first-order chi connectivity index (χ1) is 14.4. The third-order valence-corrected chi connectivity index (χ3v) is 7.60. The molecule has 3 heterocycles. The number of carbonyl (C=O) groups is 1. The zero-order valence-corrected chi connectivity index (χ0v) is 19.4. The number of thiophene rings is 1. The standard InChI is InChI=1S/C21H22ClN3O3S2/c1-12-13(2)29-18-17(12)20(27)25(16-6-4-15(22)5-7-16)21(23-18)30-14(3)19(26)24-8-10-28-11-9-24/h4-7,14H,8-11H2,1-3H3. The first-order valence-electron chi connectivity index (χ1n) is 9.68. The number of hydrogen-bond acceptors (Lipinski definition) is 6. The van der Waals surface area contributed by atoms with Crippen LogP contribution < -0.4 is 5.56 Å². The van der Waals surface area contributed by atoms with Gasteiger partial charge in [0.2, 0.25) is 5.91 Å². The van der Waals surface area contributed by atoms with Crippen molar-refractivity contribution in [2.75, 3.05) is 26.3 Å². The lowest BCUT2D eigenvalue weighted by Crippen LogP contribution is -2.44. The summed E-state index contributed by atoms with van der Waals surface area (Å²) >= 11 is 8.86. The molecule has 1 aromatic carbocycles. The number of morpholine rings is 1. The van der Waals surface area contributed by atoms with E-state index in [0.29, 0.717) is 52.4 Å². The van der Waals surface area contributed by atoms with Gasteiger partial charge in [-0.2, -0.15) is 0 Å². The number of rotatable bonds is 4. The van der Waals surface area contributed by atoms with Crippen molar-refractivity contribution in [3.8, 4) is 5.69 Å². The van der Waals surface area contributed by atoms with Crippen LogP contribution in [0.3, 0.4) is 0 Å². The lowest BCUT2D eigenvalue weighted by Gasteiger charge is -2.29. The molecule has 0 saturated carbocycles. The van der Waals surface area contributed by atoms with Gasteiger partial charge in [0.05, 0.1) is 29.5 Å². The smallest absolute Gasteiger partial charge is 0.267 e. The van der Waals surface area contributed by atoms with Crippen molar-refractivity contribution in [2.24, 2.45) is 0 Å². The molecule has 1 saturated heterocycles.